The van der Waals surface area contributed by atoms with Gasteiger partial charge in [-0.05, 0) is 22.0 Å². The molecular formula is C8H7BrClFO4S. The lowest BCUT2D eigenvalue weighted by Gasteiger charge is -2.09. The van der Waals surface area contributed by atoms with Crippen molar-refractivity contribution >= 4 is 35.7 Å². The smallest absolute Gasteiger partial charge is 0.236 e. The van der Waals surface area contributed by atoms with Crippen LogP contribution in [0.1, 0.15) is 5.56 Å². The Morgan fingerprint density at radius 3 is 2.62 bits per heavy atom. The van der Waals surface area contributed by atoms with Crippen LogP contribution in [0.15, 0.2) is 10.5 Å². The standard InChI is InChI=1S/C8H7BrClFO4S/c1-15-8-5(9)2-4(3-16(10,13)14)7(12)6(8)11/h2,12H,3H2,1H3. The maximum atomic E-state index is 13.5. The van der Waals surface area contributed by atoms with E-state index in [2.05, 4.69) is 20.7 Å². The maximum Gasteiger partial charge on any atom is 0.236 e. The number of phenolic OH excluding ortho intramolecular Hbond substituents is 1. The van der Waals surface area contributed by atoms with Crippen LogP contribution in [-0.2, 0) is 14.8 Å². The van der Waals surface area contributed by atoms with Crippen LogP contribution >= 0.6 is 26.6 Å². The summed E-state index contributed by atoms with van der Waals surface area (Å²) < 4.78 is 40.0. The second-order valence-corrected chi connectivity index (χ2v) is 6.53. The highest BCUT2D eigenvalue weighted by atomic mass is 79.9. The van der Waals surface area contributed by atoms with Gasteiger partial charge in [0.2, 0.25) is 14.9 Å². The Hall–Kier alpha value is -0.530. The van der Waals surface area contributed by atoms with Gasteiger partial charge >= 0.3 is 0 Å². The number of hydrogen-bond donors (Lipinski definition) is 1. The summed E-state index contributed by atoms with van der Waals surface area (Å²) in [4.78, 5) is 0. The van der Waals surface area contributed by atoms with E-state index >= 15 is 0 Å². The zero-order chi connectivity index (χ0) is 12.5. The van der Waals surface area contributed by atoms with E-state index in [1.165, 1.54) is 13.2 Å². The van der Waals surface area contributed by atoms with Gasteiger partial charge in [0.15, 0.2) is 11.5 Å². The molecule has 0 aromatic heterocycles. The summed E-state index contributed by atoms with van der Waals surface area (Å²) in [5, 5.41) is 9.40. The van der Waals surface area contributed by atoms with Crippen molar-refractivity contribution < 1.29 is 22.7 Å². The van der Waals surface area contributed by atoms with Crippen molar-refractivity contribution in [1.29, 1.82) is 0 Å². The third kappa shape index (κ3) is 2.99. The highest BCUT2D eigenvalue weighted by molar-refractivity contribution is 9.10. The van der Waals surface area contributed by atoms with Crippen molar-refractivity contribution in [2.45, 2.75) is 5.75 Å². The molecule has 0 atom stereocenters. The van der Waals surface area contributed by atoms with E-state index in [-0.39, 0.29) is 15.8 Å². The number of methoxy groups -OCH3 is 1. The van der Waals surface area contributed by atoms with Gasteiger partial charge in [0.25, 0.3) is 0 Å². The van der Waals surface area contributed by atoms with Crippen LogP contribution in [0.4, 0.5) is 4.39 Å². The molecule has 0 amide bonds. The summed E-state index contributed by atoms with van der Waals surface area (Å²) in [5.41, 5.74) is -0.139. The Balaban J connectivity index is 3.34. The largest absolute Gasteiger partial charge is 0.505 e. The minimum Gasteiger partial charge on any atom is -0.505 e. The highest BCUT2D eigenvalue weighted by Crippen LogP contribution is 2.37. The van der Waals surface area contributed by atoms with Crippen molar-refractivity contribution in [1.82, 2.24) is 0 Å². The topological polar surface area (TPSA) is 63.6 Å². The Labute approximate surface area is 105 Å². The van der Waals surface area contributed by atoms with Crippen LogP contribution in [0, 0.1) is 5.82 Å². The molecule has 0 saturated carbocycles. The van der Waals surface area contributed by atoms with Crippen LogP contribution in [0.5, 0.6) is 11.5 Å². The van der Waals surface area contributed by atoms with Crippen molar-refractivity contribution in [3.05, 3.63) is 21.9 Å². The van der Waals surface area contributed by atoms with E-state index in [1.54, 1.807) is 0 Å². The first-order chi connectivity index (χ1) is 7.26. The molecule has 0 aliphatic heterocycles. The molecule has 0 spiro atoms. The summed E-state index contributed by atoms with van der Waals surface area (Å²) in [6.07, 6.45) is 0. The third-order valence-electron chi connectivity index (χ3n) is 1.76. The molecule has 4 nitrogen and oxygen atoms in total. The summed E-state index contributed by atoms with van der Waals surface area (Å²) in [6, 6.07) is 1.23. The molecule has 1 N–H and O–H groups in total. The molecule has 0 bridgehead atoms. The first kappa shape index (κ1) is 13.5. The number of hydrogen-bond acceptors (Lipinski definition) is 4. The van der Waals surface area contributed by atoms with Crippen LogP contribution < -0.4 is 4.74 Å². The van der Waals surface area contributed by atoms with Crippen molar-refractivity contribution in [2.75, 3.05) is 7.11 Å². The van der Waals surface area contributed by atoms with E-state index in [0.29, 0.717) is 0 Å². The lowest BCUT2D eigenvalue weighted by molar-refractivity contribution is 0.360. The van der Waals surface area contributed by atoms with Gasteiger partial charge in [0, 0.05) is 16.2 Å². The minimum atomic E-state index is -3.87. The predicted molar refractivity (Wildman–Crippen MR) is 60.8 cm³/mol. The zero-order valence-electron chi connectivity index (χ0n) is 8.00. The molecule has 0 heterocycles. The molecule has 0 unspecified atom stereocenters. The number of phenols is 1. The average molecular weight is 334 g/mol. The Morgan fingerprint density at radius 1 is 1.62 bits per heavy atom. The average Bonchev–Trinajstić information content (AvgIpc) is 2.12. The molecule has 0 fully saturated rings. The van der Waals surface area contributed by atoms with Gasteiger partial charge in [0.05, 0.1) is 17.3 Å². The molecule has 16 heavy (non-hydrogen) atoms. The summed E-state index contributed by atoms with van der Waals surface area (Å²) >= 11 is 2.99. The molecule has 0 saturated heterocycles. The van der Waals surface area contributed by atoms with E-state index in [0.717, 1.165) is 0 Å². The number of halogens is 3. The number of rotatable bonds is 3. The van der Waals surface area contributed by atoms with E-state index in [1.807, 2.05) is 0 Å². The molecule has 0 aliphatic rings. The van der Waals surface area contributed by atoms with Gasteiger partial charge in [-0.15, -0.1) is 0 Å². The van der Waals surface area contributed by atoms with E-state index < -0.39 is 26.4 Å². The maximum absolute atomic E-state index is 13.5. The Bertz CT molecular complexity index is 517. The van der Waals surface area contributed by atoms with Crippen molar-refractivity contribution in [3.63, 3.8) is 0 Å². The first-order valence-corrected chi connectivity index (χ1v) is 7.19. The molecule has 8 heteroatoms. The van der Waals surface area contributed by atoms with Gasteiger partial charge in [-0.25, -0.2) is 8.42 Å². The van der Waals surface area contributed by atoms with Gasteiger partial charge < -0.3 is 9.84 Å². The van der Waals surface area contributed by atoms with Crippen LogP contribution in [0.2, 0.25) is 0 Å². The highest BCUT2D eigenvalue weighted by Gasteiger charge is 2.20. The quantitative estimate of drug-likeness (QED) is 0.863. The first-order valence-electron chi connectivity index (χ1n) is 3.92. The van der Waals surface area contributed by atoms with Crippen LogP contribution in [-0.4, -0.2) is 20.6 Å². The van der Waals surface area contributed by atoms with Crippen LogP contribution in [0.3, 0.4) is 0 Å². The Morgan fingerprint density at radius 2 is 2.19 bits per heavy atom. The predicted octanol–water partition coefficient (Wildman–Crippen LogP) is 2.37. The third-order valence-corrected chi connectivity index (χ3v) is 3.33. The lowest BCUT2D eigenvalue weighted by Crippen LogP contribution is -1.99. The summed E-state index contributed by atoms with van der Waals surface area (Å²) in [6.45, 7) is 0. The molecular weight excluding hydrogens is 327 g/mol. The van der Waals surface area contributed by atoms with Crippen LogP contribution in [0.25, 0.3) is 0 Å². The summed E-state index contributed by atoms with van der Waals surface area (Å²) in [7, 11) is 2.36. The van der Waals surface area contributed by atoms with Gasteiger partial charge in [-0.3, -0.25) is 0 Å². The zero-order valence-corrected chi connectivity index (χ0v) is 11.2. The molecule has 1 rings (SSSR count). The minimum absolute atomic E-state index is 0.139. The lowest BCUT2D eigenvalue weighted by atomic mass is 10.2. The number of aromatic hydroxyl groups is 1. The van der Waals surface area contributed by atoms with E-state index in [9.17, 15) is 17.9 Å². The molecule has 1 aromatic rings. The SMILES string of the molecule is COc1c(Br)cc(CS(=O)(=O)Cl)c(O)c1F. The van der Waals surface area contributed by atoms with E-state index in [4.69, 9.17) is 10.7 Å². The fourth-order valence-corrected chi connectivity index (χ4v) is 2.68. The van der Waals surface area contributed by atoms with Gasteiger partial charge in [0.1, 0.15) is 0 Å². The van der Waals surface area contributed by atoms with Gasteiger partial charge in [-0.1, -0.05) is 0 Å². The molecule has 90 valence electrons. The second kappa shape index (κ2) is 4.77. The summed E-state index contributed by atoms with van der Waals surface area (Å²) in [5.74, 6) is -2.69. The van der Waals surface area contributed by atoms with Gasteiger partial charge in [-0.2, -0.15) is 4.39 Å². The van der Waals surface area contributed by atoms with Crippen molar-refractivity contribution in [3.8, 4) is 11.5 Å². The Kier molecular flexibility index (Phi) is 4.03. The normalized spacial score (nSPS) is 11.5. The molecule has 0 aliphatic carbocycles. The fraction of sp³-hybridized carbons (Fsp3) is 0.250. The molecule has 1 aromatic carbocycles. The van der Waals surface area contributed by atoms with Crippen molar-refractivity contribution in [2.24, 2.45) is 0 Å². The molecule has 0 radical (unpaired) electrons. The fourth-order valence-electron chi connectivity index (χ4n) is 1.12. The number of benzene rings is 1. The monoisotopic (exact) mass is 332 g/mol. The number of ether oxygens (including phenoxy) is 1. The second-order valence-electron chi connectivity index (χ2n) is 2.90.